The molecule has 0 spiro atoms. The van der Waals surface area contributed by atoms with Crippen molar-refractivity contribution < 1.29 is 4.79 Å². The summed E-state index contributed by atoms with van der Waals surface area (Å²) in [6.45, 7) is 4.46. The summed E-state index contributed by atoms with van der Waals surface area (Å²) in [6.07, 6.45) is 0. The van der Waals surface area contributed by atoms with Gasteiger partial charge in [-0.3, -0.25) is 10.1 Å². The fourth-order valence-corrected chi connectivity index (χ4v) is 2.71. The van der Waals surface area contributed by atoms with E-state index in [4.69, 9.17) is 0 Å². The van der Waals surface area contributed by atoms with Gasteiger partial charge < -0.3 is 5.32 Å². The van der Waals surface area contributed by atoms with E-state index in [-0.39, 0.29) is 30.3 Å². The number of rotatable bonds is 5. The lowest BCUT2D eigenvalue weighted by Gasteiger charge is -2.21. The maximum Gasteiger partial charge on any atom is 0.240 e. The van der Waals surface area contributed by atoms with Gasteiger partial charge in [-0.2, -0.15) is 0 Å². The summed E-state index contributed by atoms with van der Waals surface area (Å²) in [5, 5.41) is 15.2. The van der Waals surface area contributed by atoms with Gasteiger partial charge in [-0.1, -0.05) is 41.7 Å². The van der Waals surface area contributed by atoms with Crippen molar-refractivity contribution in [2.45, 2.75) is 19.3 Å². The van der Waals surface area contributed by atoms with Gasteiger partial charge in [-0.05, 0) is 26.5 Å². The van der Waals surface area contributed by atoms with E-state index in [9.17, 15) is 4.79 Å². The first-order valence-electron chi connectivity index (χ1n) is 6.38. The number of hydrogen-bond donors (Lipinski definition) is 2. The third-order valence-corrected chi connectivity index (χ3v) is 4.20. The molecule has 0 atom stereocenters. The summed E-state index contributed by atoms with van der Waals surface area (Å²) in [5.41, 5.74) is 0.939. The lowest BCUT2D eigenvalue weighted by atomic mass is 9.85. The maximum absolute atomic E-state index is 11.5. The highest BCUT2D eigenvalue weighted by atomic mass is 35.5. The molecule has 114 valence electrons. The van der Waals surface area contributed by atoms with Crippen LogP contribution in [-0.2, 0) is 10.2 Å². The Labute approximate surface area is 134 Å². The Kier molecular flexibility index (Phi) is 6.26. The summed E-state index contributed by atoms with van der Waals surface area (Å²) in [4.78, 5) is 11.5. The minimum atomic E-state index is -0.231. The summed E-state index contributed by atoms with van der Waals surface area (Å²) in [6, 6.07) is 10.1. The van der Waals surface area contributed by atoms with E-state index in [1.165, 1.54) is 16.9 Å². The lowest BCUT2D eigenvalue weighted by molar-refractivity contribution is -0.115. The molecule has 0 saturated heterocycles. The average molecular weight is 327 g/mol. The predicted molar refractivity (Wildman–Crippen MR) is 88.3 cm³/mol. The highest BCUT2D eigenvalue weighted by Gasteiger charge is 2.27. The summed E-state index contributed by atoms with van der Waals surface area (Å²) >= 11 is 1.41. The van der Waals surface area contributed by atoms with Gasteiger partial charge in [0.15, 0.2) is 0 Å². The topological polar surface area (TPSA) is 66.9 Å². The summed E-state index contributed by atoms with van der Waals surface area (Å²) < 4.78 is 0. The van der Waals surface area contributed by atoms with Crippen LogP contribution in [0.4, 0.5) is 5.13 Å². The molecule has 0 unspecified atom stereocenters. The van der Waals surface area contributed by atoms with Crippen molar-refractivity contribution in [3.63, 3.8) is 0 Å². The third-order valence-electron chi connectivity index (χ3n) is 3.04. The molecule has 0 bridgehead atoms. The van der Waals surface area contributed by atoms with Crippen LogP contribution in [0.2, 0.25) is 0 Å². The first-order valence-corrected chi connectivity index (χ1v) is 7.19. The van der Waals surface area contributed by atoms with E-state index in [0.29, 0.717) is 5.13 Å². The van der Waals surface area contributed by atoms with Crippen molar-refractivity contribution in [1.82, 2.24) is 15.5 Å². The first kappa shape index (κ1) is 17.6. The lowest BCUT2D eigenvalue weighted by Crippen LogP contribution is -2.24. The predicted octanol–water partition coefficient (Wildman–Crippen LogP) is 2.44. The molecule has 5 nitrogen and oxygen atoms in total. The summed E-state index contributed by atoms with van der Waals surface area (Å²) in [5.74, 6) is -0.118. The Morgan fingerprint density at radius 2 is 1.90 bits per heavy atom. The van der Waals surface area contributed by atoms with E-state index < -0.39 is 0 Å². The van der Waals surface area contributed by atoms with Gasteiger partial charge in [-0.15, -0.1) is 22.6 Å². The van der Waals surface area contributed by atoms with Gasteiger partial charge >= 0.3 is 0 Å². The Balaban J connectivity index is 0.00000220. The first-order chi connectivity index (χ1) is 9.54. The SMILES string of the molecule is CNCC(=O)Nc1nnc(C(C)(C)c2ccccc2)s1.Cl. The second-order valence-electron chi connectivity index (χ2n) is 4.98. The van der Waals surface area contributed by atoms with E-state index in [0.717, 1.165) is 5.01 Å². The fraction of sp³-hybridized carbons (Fsp3) is 0.357. The van der Waals surface area contributed by atoms with Gasteiger partial charge in [0.25, 0.3) is 0 Å². The highest BCUT2D eigenvalue weighted by molar-refractivity contribution is 7.15. The average Bonchev–Trinajstić information content (AvgIpc) is 2.89. The normalized spacial score (nSPS) is 10.8. The van der Waals surface area contributed by atoms with Crippen LogP contribution in [0.5, 0.6) is 0 Å². The number of halogens is 1. The molecular formula is C14H19ClN4OS. The van der Waals surface area contributed by atoms with E-state index >= 15 is 0 Å². The number of hydrogen-bond acceptors (Lipinski definition) is 5. The Morgan fingerprint density at radius 1 is 1.24 bits per heavy atom. The second kappa shape index (κ2) is 7.49. The molecule has 1 aromatic carbocycles. The molecule has 1 amide bonds. The van der Waals surface area contributed by atoms with Gasteiger partial charge in [-0.25, -0.2) is 0 Å². The van der Waals surface area contributed by atoms with Crippen LogP contribution < -0.4 is 10.6 Å². The van der Waals surface area contributed by atoms with Crippen molar-refractivity contribution in [1.29, 1.82) is 0 Å². The van der Waals surface area contributed by atoms with Gasteiger partial charge in [0.2, 0.25) is 11.0 Å². The quantitative estimate of drug-likeness (QED) is 0.885. The minimum absolute atomic E-state index is 0. The van der Waals surface area contributed by atoms with Crippen molar-refractivity contribution >= 4 is 34.8 Å². The number of benzene rings is 1. The number of anilines is 1. The van der Waals surface area contributed by atoms with Gasteiger partial charge in [0, 0.05) is 5.41 Å². The molecule has 2 rings (SSSR count). The highest BCUT2D eigenvalue weighted by Crippen LogP contribution is 2.34. The molecule has 0 aliphatic heterocycles. The minimum Gasteiger partial charge on any atom is -0.311 e. The Morgan fingerprint density at radius 3 is 2.52 bits per heavy atom. The molecule has 0 radical (unpaired) electrons. The van der Waals surface area contributed by atoms with Crippen molar-refractivity contribution in [2.24, 2.45) is 0 Å². The van der Waals surface area contributed by atoms with Crippen LogP contribution in [0.15, 0.2) is 30.3 Å². The van der Waals surface area contributed by atoms with E-state index in [1.807, 2.05) is 18.2 Å². The van der Waals surface area contributed by atoms with E-state index in [1.54, 1.807) is 7.05 Å². The number of nitrogens with zero attached hydrogens (tertiary/aromatic N) is 2. The van der Waals surface area contributed by atoms with Crippen LogP contribution in [0, 0.1) is 0 Å². The molecule has 1 heterocycles. The monoisotopic (exact) mass is 326 g/mol. The molecule has 0 aliphatic rings. The molecule has 0 saturated carbocycles. The Hall–Kier alpha value is -1.50. The second-order valence-corrected chi connectivity index (χ2v) is 5.96. The number of nitrogens with one attached hydrogen (secondary N) is 2. The largest absolute Gasteiger partial charge is 0.311 e. The molecule has 0 aliphatic carbocycles. The van der Waals surface area contributed by atoms with Crippen LogP contribution in [0.3, 0.4) is 0 Å². The number of likely N-dealkylation sites (N-methyl/N-ethyl adjacent to an activating group) is 1. The van der Waals surface area contributed by atoms with Crippen LogP contribution >= 0.6 is 23.7 Å². The van der Waals surface area contributed by atoms with Gasteiger partial charge in [0.05, 0.1) is 6.54 Å². The number of carbonyl (C=O) groups excluding carboxylic acids is 1. The number of carbonyl (C=O) groups is 1. The molecular weight excluding hydrogens is 308 g/mol. The maximum atomic E-state index is 11.5. The fourth-order valence-electron chi connectivity index (χ4n) is 1.83. The van der Waals surface area contributed by atoms with Crippen LogP contribution in [0.25, 0.3) is 0 Å². The van der Waals surface area contributed by atoms with E-state index in [2.05, 4.69) is 46.8 Å². The zero-order chi connectivity index (χ0) is 14.6. The standard InChI is InChI=1S/C14H18N4OS.ClH/c1-14(2,10-7-5-4-6-8-10)12-17-18-13(20-12)16-11(19)9-15-3;/h4-8,15H,9H2,1-3H3,(H,16,18,19);1H. The smallest absolute Gasteiger partial charge is 0.240 e. The van der Waals surface area contributed by atoms with Crippen molar-refractivity contribution in [3.8, 4) is 0 Å². The Bertz CT molecular complexity index is 586. The molecule has 1 aromatic heterocycles. The molecule has 2 N–H and O–H groups in total. The van der Waals surface area contributed by atoms with Crippen molar-refractivity contribution in [3.05, 3.63) is 40.9 Å². The zero-order valence-electron chi connectivity index (χ0n) is 12.2. The van der Waals surface area contributed by atoms with Crippen LogP contribution in [0.1, 0.15) is 24.4 Å². The number of aromatic nitrogens is 2. The van der Waals surface area contributed by atoms with Crippen LogP contribution in [-0.4, -0.2) is 29.7 Å². The molecule has 0 fully saturated rings. The zero-order valence-corrected chi connectivity index (χ0v) is 13.8. The van der Waals surface area contributed by atoms with Crippen molar-refractivity contribution in [2.75, 3.05) is 18.9 Å². The van der Waals surface area contributed by atoms with Gasteiger partial charge in [0.1, 0.15) is 5.01 Å². The third kappa shape index (κ3) is 4.23. The molecule has 2 aromatic rings. The molecule has 7 heteroatoms. The number of amides is 1. The summed E-state index contributed by atoms with van der Waals surface area (Å²) in [7, 11) is 1.73. The molecule has 21 heavy (non-hydrogen) atoms.